The molecule has 0 radical (unpaired) electrons. The van der Waals surface area contributed by atoms with Crippen molar-refractivity contribution in [2.45, 2.75) is 0 Å². The van der Waals surface area contributed by atoms with Crippen molar-refractivity contribution in [3.63, 3.8) is 0 Å². The van der Waals surface area contributed by atoms with E-state index in [0.717, 1.165) is 0 Å². The van der Waals surface area contributed by atoms with Crippen molar-refractivity contribution >= 4 is 35.0 Å². The Hall–Kier alpha value is -1.52. The van der Waals surface area contributed by atoms with E-state index in [4.69, 9.17) is 33.0 Å². The average molecular weight is 272 g/mol. The van der Waals surface area contributed by atoms with E-state index in [1.54, 1.807) is 18.2 Å². The lowest BCUT2D eigenvalue weighted by Crippen LogP contribution is -2.01. The third-order valence-electron chi connectivity index (χ3n) is 2.10. The van der Waals surface area contributed by atoms with Gasteiger partial charge in [-0.25, -0.2) is 4.98 Å². The number of aromatic nitrogens is 2. The van der Waals surface area contributed by atoms with Crippen molar-refractivity contribution in [3.05, 3.63) is 34.3 Å². The van der Waals surface area contributed by atoms with Gasteiger partial charge in [-0.1, -0.05) is 35.3 Å². The van der Waals surface area contributed by atoms with Gasteiger partial charge in [-0.15, -0.1) is 0 Å². The lowest BCUT2D eigenvalue weighted by atomic mass is 10.1. The van der Waals surface area contributed by atoms with E-state index in [0.29, 0.717) is 21.3 Å². The third-order valence-corrected chi connectivity index (χ3v) is 2.92. The van der Waals surface area contributed by atoms with E-state index in [9.17, 15) is 0 Å². The van der Waals surface area contributed by atoms with Gasteiger partial charge in [-0.05, 0) is 6.07 Å². The van der Waals surface area contributed by atoms with Crippen LogP contribution in [-0.4, -0.2) is 16.9 Å². The Morgan fingerprint density at radius 3 is 2.94 bits per heavy atom. The van der Waals surface area contributed by atoms with Gasteiger partial charge in [0.2, 0.25) is 5.95 Å². The highest BCUT2D eigenvalue weighted by molar-refractivity contribution is 6.43. The van der Waals surface area contributed by atoms with Crippen LogP contribution in [0.5, 0.6) is 0 Å². The first-order valence-corrected chi connectivity index (χ1v) is 5.39. The minimum absolute atomic E-state index is 0.0645. The number of rotatable bonds is 2. The largest absolute Gasteiger partial charge is 0.373 e. The van der Waals surface area contributed by atoms with Crippen LogP contribution < -0.4 is 11.1 Å². The quantitative estimate of drug-likeness (QED) is 0.881. The summed E-state index contributed by atoms with van der Waals surface area (Å²) in [4.78, 5) is 7.85. The number of halogens is 2. The van der Waals surface area contributed by atoms with E-state index < -0.39 is 6.98 Å². The molecule has 4 nitrogen and oxygen atoms in total. The SMILES string of the molecule is [2H]C([2H])([2H])Nc1cc(-c2cccc(Cl)c2Cl)nc(N)n1. The monoisotopic (exact) mass is 271 g/mol. The second kappa shape index (κ2) is 4.77. The van der Waals surface area contributed by atoms with E-state index in [-0.39, 0.29) is 11.8 Å². The van der Waals surface area contributed by atoms with Gasteiger partial charge < -0.3 is 11.1 Å². The Kier molecular flexibility index (Phi) is 2.40. The minimum Gasteiger partial charge on any atom is -0.373 e. The van der Waals surface area contributed by atoms with Crippen molar-refractivity contribution in [2.24, 2.45) is 0 Å². The maximum atomic E-state index is 7.17. The lowest BCUT2D eigenvalue weighted by molar-refractivity contribution is 1.18. The number of benzene rings is 1. The topological polar surface area (TPSA) is 63.8 Å². The van der Waals surface area contributed by atoms with Crippen molar-refractivity contribution < 1.29 is 4.11 Å². The molecule has 0 aliphatic carbocycles. The molecule has 88 valence electrons. The Morgan fingerprint density at radius 1 is 1.35 bits per heavy atom. The highest BCUT2D eigenvalue weighted by Gasteiger charge is 2.10. The molecule has 0 saturated heterocycles. The first-order chi connectivity index (χ1) is 9.26. The molecule has 0 unspecified atom stereocenters. The molecule has 1 heterocycles. The predicted molar refractivity (Wildman–Crippen MR) is 71.4 cm³/mol. The molecule has 0 atom stereocenters. The van der Waals surface area contributed by atoms with Crippen molar-refractivity contribution in [1.29, 1.82) is 0 Å². The van der Waals surface area contributed by atoms with Gasteiger partial charge in [0.15, 0.2) is 0 Å². The van der Waals surface area contributed by atoms with Crippen LogP contribution in [0.3, 0.4) is 0 Å². The van der Waals surface area contributed by atoms with E-state index in [1.165, 1.54) is 6.07 Å². The smallest absolute Gasteiger partial charge is 0.222 e. The van der Waals surface area contributed by atoms with Crippen LogP contribution in [0, 0.1) is 0 Å². The maximum absolute atomic E-state index is 7.17. The first kappa shape index (κ1) is 8.55. The molecule has 0 aliphatic heterocycles. The molecule has 2 aromatic rings. The first-order valence-electron chi connectivity index (χ1n) is 6.13. The van der Waals surface area contributed by atoms with E-state index in [2.05, 4.69) is 15.3 Å². The summed E-state index contributed by atoms with van der Waals surface area (Å²) >= 11 is 12.0. The molecule has 0 amide bonds. The molecule has 0 bridgehead atoms. The molecule has 0 aliphatic rings. The predicted octanol–water partition coefficient (Wildman–Crippen LogP) is 3.07. The van der Waals surface area contributed by atoms with Gasteiger partial charge in [-0.2, -0.15) is 4.98 Å². The molecule has 6 heteroatoms. The van der Waals surface area contributed by atoms with Crippen LogP contribution in [0.15, 0.2) is 24.3 Å². The van der Waals surface area contributed by atoms with Crippen LogP contribution in [-0.2, 0) is 0 Å². The van der Waals surface area contributed by atoms with Gasteiger partial charge in [0, 0.05) is 22.7 Å². The fraction of sp³-hybridized carbons (Fsp3) is 0.0909. The molecule has 3 N–H and O–H groups in total. The molecule has 0 saturated carbocycles. The number of hydrogen-bond acceptors (Lipinski definition) is 4. The molecule has 1 aromatic heterocycles. The van der Waals surface area contributed by atoms with E-state index >= 15 is 0 Å². The minimum atomic E-state index is -2.38. The Morgan fingerprint density at radius 2 is 2.18 bits per heavy atom. The van der Waals surface area contributed by atoms with Crippen LogP contribution in [0.2, 0.25) is 10.0 Å². The summed E-state index contributed by atoms with van der Waals surface area (Å²) in [5.74, 6) is 0.0221. The summed E-state index contributed by atoms with van der Waals surface area (Å²) in [5, 5.41) is 2.94. The molecular formula is C11H10Cl2N4. The van der Waals surface area contributed by atoms with Crippen molar-refractivity contribution in [2.75, 3.05) is 18.0 Å². The fourth-order valence-electron chi connectivity index (χ4n) is 1.37. The van der Waals surface area contributed by atoms with Gasteiger partial charge in [0.25, 0.3) is 0 Å². The fourth-order valence-corrected chi connectivity index (χ4v) is 1.77. The highest BCUT2D eigenvalue weighted by atomic mass is 35.5. The molecule has 0 spiro atoms. The molecular weight excluding hydrogens is 259 g/mol. The Bertz CT molecular complexity index is 646. The zero-order valence-corrected chi connectivity index (χ0v) is 10.0. The number of nitrogens with two attached hydrogens (primary N) is 1. The zero-order valence-electron chi connectivity index (χ0n) is 11.5. The van der Waals surface area contributed by atoms with Crippen LogP contribution in [0.4, 0.5) is 11.8 Å². The number of nitrogens with one attached hydrogen (secondary N) is 1. The van der Waals surface area contributed by atoms with Crippen LogP contribution in [0.1, 0.15) is 4.11 Å². The van der Waals surface area contributed by atoms with Gasteiger partial charge in [0.05, 0.1) is 15.7 Å². The van der Waals surface area contributed by atoms with Crippen LogP contribution >= 0.6 is 23.2 Å². The maximum Gasteiger partial charge on any atom is 0.222 e. The molecule has 17 heavy (non-hydrogen) atoms. The third kappa shape index (κ3) is 2.43. The van der Waals surface area contributed by atoms with Gasteiger partial charge in [0.1, 0.15) is 5.82 Å². The van der Waals surface area contributed by atoms with Gasteiger partial charge >= 0.3 is 0 Å². The standard InChI is InChI=1S/C11H10Cl2N4/c1-15-9-5-8(16-11(14)17-9)6-3-2-4-7(12)10(6)13/h2-5H,1H3,(H3,14,15,16,17)/i1D3. The zero-order chi connectivity index (χ0) is 14.9. The number of nitrogen functional groups attached to an aromatic ring is 1. The molecule has 1 aromatic carbocycles. The number of anilines is 2. The summed E-state index contributed by atoms with van der Waals surface area (Å²) in [6.07, 6.45) is 0. The second-order valence-corrected chi connectivity index (χ2v) is 4.01. The van der Waals surface area contributed by atoms with Crippen molar-refractivity contribution in [1.82, 2.24) is 9.97 Å². The Labute approximate surface area is 113 Å². The summed E-state index contributed by atoms with van der Waals surface area (Å²) in [6, 6.07) is 6.49. The summed E-state index contributed by atoms with van der Waals surface area (Å²) in [7, 11) is 0. The molecule has 0 fully saturated rings. The summed E-state index contributed by atoms with van der Waals surface area (Å²) in [5.41, 5.74) is 6.51. The lowest BCUT2D eigenvalue weighted by Gasteiger charge is -2.07. The second-order valence-electron chi connectivity index (χ2n) is 3.22. The normalized spacial score (nSPS) is 13.6. The van der Waals surface area contributed by atoms with E-state index in [1.807, 2.05) is 0 Å². The average Bonchev–Trinajstić information content (AvgIpc) is 2.29. The van der Waals surface area contributed by atoms with Crippen molar-refractivity contribution in [3.8, 4) is 11.3 Å². The number of nitrogens with zero attached hydrogens (tertiary/aromatic N) is 2. The van der Waals surface area contributed by atoms with Crippen LogP contribution in [0.25, 0.3) is 11.3 Å². The Balaban J connectivity index is 2.50. The number of hydrogen-bond donors (Lipinski definition) is 2. The summed E-state index contributed by atoms with van der Waals surface area (Å²) in [6.45, 7) is -2.38. The highest BCUT2D eigenvalue weighted by Crippen LogP contribution is 2.33. The molecule has 2 rings (SSSR count). The summed E-state index contributed by atoms with van der Waals surface area (Å²) < 4.78 is 21.5. The van der Waals surface area contributed by atoms with Gasteiger partial charge in [-0.3, -0.25) is 0 Å².